The minimum atomic E-state index is -3.67. The van der Waals surface area contributed by atoms with Gasteiger partial charge in [0, 0.05) is 7.05 Å². The molecule has 2 aromatic carbocycles. The molecule has 0 aliphatic carbocycles. The van der Waals surface area contributed by atoms with Crippen LogP contribution in [0, 0.1) is 6.92 Å². The maximum Gasteiger partial charge on any atom is 0.278 e. The number of hydrogen-bond donors (Lipinski definition) is 1. The summed E-state index contributed by atoms with van der Waals surface area (Å²) in [6, 6.07) is 11.4. The third-order valence-corrected chi connectivity index (χ3v) is 5.30. The van der Waals surface area contributed by atoms with Crippen LogP contribution in [0.1, 0.15) is 11.1 Å². The summed E-state index contributed by atoms with van der Waals surface area (Å²) in [4.78, 5) is 0.185. The van der Waals surface area contributed by atoms with Gasteiger partial charge in [-0.15, -0.1) is 0 Å². The number of sulfonamides is 1. The van der Waals surface area contributed by atoms with E-state index in [0.717, 1.165) is 9.98 Å². The van der Waals surface area contributed by atoms with Gasteiger partial charge in [0.05, 0.1) is 15.6 Å². The van der Waals surface area contributed by atoms with E-state index in [-0.39, 0.29) is 10.6 Å². The molecule has 5 nitrogen and oxygen atoms in total. The van der Waals surface area contributed by atoms with Crippen molar-refractivity contribution in [3.05, 3.63) is 58.1 Å². The van der Waals surface area contributed by atoms with Crippen molar-refractivity contribution in [2.24, 2.45) is 5.10 Å². The van der Waals surface area contributed by atoms with Crippen molar-refractivity contribution in [1.29, 1.82) is 0 Å². The Morgan fingerprint density at radius 2 is 1.82 bits per heavy atom. The average molecular weight is 383 g/mol. The molecule has 0 aromatic heterocycles. The van der Waals surface area contributed by atoms with Crippen molar-refractivity contribution in [1.82, 2.24) is 4.41 Å². The van der Waals surface area contributed by atoms with Crippen molar-refractivity contribution in [3.8, 4) is 5.75 Å². The molecule has 22 heavy (non-hydrogen) atoms. The summed E-state index contributed by atoms with van der Waals surface area (Å²) < 4.78 is 26.1. The summed E-state index contributed by atoms with van der Waals surface area (Å²) in [5.41, 5.74) is 1.65. The molecule has 0 aliphatic heterocycles. The summed E-state index contributed by atoms with van der Waals surface area (Å²) >= 11 is 3.19. The summed E-state index contributed by atoms with van der Waals surface area (Å²) in [6.07, 6.45) is 1.41. The molecular formula is C15H15BrN2O3S. The van der Waals surface area contributed by atoms with Crippen LogP contribution in [-0.4, -0.2) is 31.2 Å². The molecule has 0 radical (unpaired) electrons. The summed E-state index contributed by atoms with van der Waals surface area (Å²) in [5.74, 6) is 0.109. The predicted octanol–water partition coefficient (Wildman–Crippen LogP) is 3.12. The molecule has 0 spiro atoms. The second-order valence-corrected chi connectivity index (χ2v) is 7.51. The number of hydrogen-bond acceptors (Lipinski definition) is 4. The number of halogens is 1. The van der Waals surface area contributed by atoms with E-state index >= 15 is 0 Å². The monoisotopic (exact) mass is 382 g/mol. The number of phenols is 1. The largest absolute Gasteiger partial charge is 0.507 e. The van der Waals surface area contributed by atoms with E-state index in [4.69, 9.17) is 0 Å². The Morgan fingerprint density at radius 3 is 2.41 bits per heavy atom. The molecule has 0 unspecified atom stereocenters. The quantitative estimate of drug-likeness (QED) is 0.652. The van der Waals surface area contributed by atoms with Gasteiger partial charge in [-0.1, -0.05) is 17.7 Å². The first-order valence-electron chi connectivity index (χ1n) is 6.39. The molecule has 0 atom stereocenters. The maximum atomic E-state index is 12.3. The molecule has 2 rings (SSSR count). The number of rotatable bonds is 4. The summed E-state index contributed by atoms with van der Waals surface area (Å²) in [5, 5.41) is 13.4. The normalized spacial score (nSPS) is 11.8. The zero-order valence-electron chi connectivity index (χ0n) is 12.1. The second kappa shape index (κ2) is 6.50. The van der Waals surface area contributed by atoms with Gasteiger partial charge in [-0.2, -0.15) is 17.9 Å². The first-order chi connectivity index (χ1) is 10.3. The Hall–Kier alpha value is -1.86. The number of aryl methyl sites for hydroxylation is 1. The Balaban J connectivity index is 2.23. The van der Waals surface area contributed by atoms with Crippen LogP contribution in [-0.2, 0) is 10.0 Å². The zero-order chi connectivity index (χ0) is 16.3. The highest BCUT2D eigenvalue weighted by Gasteiger charge is 2.18. The van der Waals surface area contributed by atoms with Gasteiger partial charge in [0.15, 0.2) is 0 Å². The van der Waals surface area contributed by atoms with Crippen molar-refractivity contribution in [2.75, 3.05) is 7.05 Å². The van der Waals surface area contributed by atoms with Crippen LogP contribution in [0.15, 0.2) is 56.9 Å². The van der Waals surface area contributed by atoms with Gasteiger partial charge in [0.2, 0.25) is 0 Å². The third-order valence-electron chi connectivity index (χ3n) is 3.01. The standard InChI is InChI=1S/C15H15BrN2O3S/c1-11-3-6-13(7-4-11)22(20,21)18(2)17-10-12-5-8-15(19)14(16)9-12/h3-10,19H,1-2H3/b17-10+. The highest BCUT2D eigenvalue weighted by molar-refractivity contribution is 9.10. The lowest BCUT2D eigenvalue weighted by Gasteiger charge is -2.13. The topological polar surface area (TPSA) is 70.0 Å². The fraction of sp³-hybridized carbons (Fsp3) is 0.133. The lowest BCUT2D eigenvalue weighted by Crippen LogP contribution is -2.21. The molecule has 2 aromatic rings. The van der Waals surface area contributed by atoms with E-state index in [1.807, 2.05) is 6.92 Å². The van der Waals surface area contributed by atoms with Gasteiger partial charge >= 0.3 is 0 Å². The summed E-state index contributed by atoms with van der Waals surface area (Å²) in [7, 11) is -2.29. The average Bonchev–Trinajstić information content (AvgIpc) is 2.48. The highest BCUT2D eigenvalue weighted by atomic mass is 79.9. The highest BCUT2D eigenvalue weighted by Crippen LogP contribution is 2.23. The van der Waals surface area contributed by atoms with Crippen LogP contribution in [0.5, 0.6) is 5.75 Å². The van der Waals surface area contributed by atoms with Crippen LogP contribution in [0.4, 0.5) is 0 Å². The zero-order valence-corrected chi connectivity index (χ0v) is 14.5. The van der Waals surface area contributed by atoms with E-state index in [2.05, 4.69) is 21.0 Å². The maximum absolute atomic E-state index is 12.3. The number of nitrogens with zero attached hydrogens (tertiary/aromatic N) is 2. The molecule has 0 amide bonds. The van der Waals surface area contributed by atoms with Crippen molar-refractivity contribution in [2.45, 2.75) is 11.8 Å². The van der Waals surface area contributed by atoms with Gasteiger partial charge < -0.3 is 5.11 Å². The number of benzene rings is 2. The van der Waals surface area contributed by atoms with Gasteiger partial charge in [-0.05, 0) is 58.7 Å². The Bertz CT molecular complexity index is 802. The predicted molar refractivity (Wildman–Crippen MR) is 89.5 cm³/mol. The molecule has 1 N–H and O–H groups in total. The van der Waals surface area contributed by atoms with Crippen LogP contribution < -0.4 is 0 Å². The fourth-order valence-electron chi connectivity index (χ4n) is 1.68. The second-order valence-electron chi connectivity index (χ2n) is 4.71. The fourth-order valence-corrected chi connectivity index (χ4v) is 3.03. The van der Waals surface area contributed by atoms with Crippen LogP contribution >= 0.6 is 15.9 Å². The smallest absolute Gasteiger partial charge is 0.278 e. The van der Waals surface area contributed by atoms with E-state index in [1.54, 1.807) is 36.4 Å². The summed E-state index contributed by atoms with van der Waals surface area (Å²) in [6.45, 7) is 1.89. The van der Waals surface area contributed by atoms with Crippen LogP contribution in [0.25, 0.3) is 0 Å². The van der Waals surface area contributed by atoms with Gasteiger partial charge in [-0.25, -0.2) is 0 Å². The van der Waals surface area contributed by atoms with Crippen LogP contribution in [0.2, 0.25) is 0 Å². The van der Waals surface area contributed by atoms with E-state index in [9.17, 15) is 13.5 Å². The molecule has 0 saturated carbocycles. The minimum absolute atomic E-state index is 0.109. The molecule has 0 saturated heterocycles. The van der Waals surface area contributed by atoms with Gasteiger partial charge in [0.1, 0.15) is 5.75 Å². The number of hydrazone groups is 1. The van der Waals surface area contributed by atoms with Crippen molar-refractivity contribution < 1.29 is 13.5 Å². The Labute approximate surface area is 138 Å². The van der Waals surface area contributed by atoms with Crippen LogP contribution in [0.3, 0.4) is 0 Å². The van der Waals surface area contributed by atoms with Crippen molar-refractivity contribution >= 4 is 32.2 Å². The molecule has 0 fully saturated rings. The van der Waals surface area contributed by atoms with Crippen molar-refractivity contribution in [3.63, 3.8) is 0 Å². The molecule has 116 valence electrons. The number of phenolic OH excluding ortho intramolecular Hbond substituents is 1. The first kappa shape index (κ1) is 16.5. The third kappa shape index (κ3) is 3.66. The molecule has 0 aliphatic rings. The molecular weight excluding hydrogens is 368 g/mol. The molecule has 7 heteroatoms. The molecule has 0 bridgehead atoms. The lowest BCUT2D eigenvalue weighted by molar-refractivity contribution is 0.472. The van der Waals surface area contributed by atoms with E-state index < -0.39 is 10.0 Å². The minimum Gasteiger partial charge on any atom is -0.507 e. The first-order valence-corrected chi connectivity index (χ1v) is 8.62. The van der Waals surface area contributed by atoms with E-state index in [0.29, 0.717) is 10.0 Å². The van der Waals surface area contributed by atoms with Gasteiger partial charge in [0.25, 0.3) is 10.0 Å². The lowest BCUT2D eigenvalue weighted by atomic mass is 10.2. The molecule has 0 heterocycles. The van der Waals surface area contributed by atoms with Gasteiger partial charge in [-0.3, -0.25) is 0 Å². The Kier molecular flexibility index (Phi) is 4.87. The Morgan fingerprint density at radius 1 is 1.18 bits per heavy atom. The van der Waals surface area contributed by atoms with E-state index in [1.165, 1.54) is 19.3 Å². The number of aromatic hydroxyl groups is 1. The SMILES string of the molecule is Cc1ccc(S(=O)(=O)N(C)/N=C/c2ccc(O)c(Br)c2)cc1.